The third-order valence-electron chi connectivity index (χ3n) is 6.80. The van der Waals surface area contributed by atoms with E-state index in [1.807, 2.05) is 24.0 Å². The minimum atomic E-state index is -3.49. The number of hydrogen-bond acceptors (Lipinski definition) is 4. The van der Waals surface area contributed by atoms with Gasteiger partial charge in [0.05, 0.1) is 4.90 Å². The monoisotopic (exact) mass is 455 g/mol. The van der Waals surface area contributed by atoms with Crippen LogP contribution in [0.3, 0.4) is 0 Å². The molecule has 0 aliphatic carbocycles. The average molecular weight is 456 g/mol. The lowest BCUT2D eigenvalue weighted by molar-refractivity contribution is -0.138. The van der Waals surface area contributed by atoms with E-state index in [1.54, 1.807) is 12.1 Å². The van der Waals surface area contributed by atoms with Crippen molar-refractivity contribution in [2.45, 2.75) is 38.1 Å². The number of sulfonamides is 1. The molecule has 7 heteroatoms. The van der Waals surface area contributed by atoms with Gasteiger partial charge in [-0.2, -0.15) is 4.31 Å². The fourth-order valence-electron chi connectivity index (χ4n) is 4.62. The van der Waals surface area contributed by atoms with Crippen molar-refractivity contribution in [2.24, 2.45) is 5.92 Å². The van der Waals surface area contributed by atoms with Crippen LogP contribution in [-0.4, -0.2) is 67.7 Å². The van der Waals surface area contributed by atoms with Crippen molar-refractivity contribution >= 4 is 15.9 Å². The van der Waals surface area contributed by atoms with Gasteiger partial charge in [0, 0.05) is 51.7 Å². The molecule has 172 valence electrons. The summed E-state index contributed by atoms with van der Waals surface area (Å²) in [6, 6.07) is 15.4. The molecule has 0 spiro atoms. The third kappa shape index (κ3) is 5.05. The fraction of sp³-hybridized carbons (Fsp3) is 0.480. The van der Waals surface area contributed by atoms with Crippen LogP contribution in [0.25, 0.3) is 0 Å². The Balaban J connectivity index is 1.28. The molecule has 0 unspecified atom stereocenters. The van der Waals surface area contributed by atoms with E-state index in [-0.39, 0.29) is 11.8 Å². The van der Waals surface area contributed by atoms with Crippen LogP contribution in [0.2, 0.25) is 0 Å². The van der Waals surface area contributed by atoms with Crippen LogP contribution in [0.15, 0.2) is 53.4 Å². The average Bonchev–Trinajstić information content (AvgIpc) is 2.81. The van der Waals surface area contributed by atoms with E-state index in [0.717, 1.165) is 38.3 Å². The van der Waals surface area contributed by atoms with Gasteiger partial charge in [-0.1, -0.05) is 42.0 Å². The summed E-state index contributed by atoms with van der Waals surface area (Å²) in [6.45, 7) is 9.04. The van der Waals surface area contributed by atoms with Crippen LogP contribution in [0.5, 0.6) is 0 Å². The number of hydrogen-bond donors (Lipinski definition) is 0. The largest absolute Gasteiger partial charge is 0.340 e. The van der Waals surface area contributed by atoms with Crippen molar-refractivity contribution in [3.05, 3.63) is 65.2 Å². The Kier molecular flexibility index (Phi) is 6.98. The zero-order valence-corrected chi connectivity index (χ0v) is 19.9. The summed E-state index contributed by atoms with van der Waals surface area (Å²) in [6.07, 6.45) is 1.18. The van der Waals surface area contributed by atoms with Gasteiger partial charge in [-0.15, -0.1) is 0 Å². The lowest BCUT2D eigenvalue weighted by Gasteiger charge is -2.38. The summed E-state index contributed by atoms with van der Waals surface area (Å²) in [5.41, 5.74) is 3.68. The molecule has 2 aliphatic rings. The molecule has 0 aromatic heterocycles. The molecule has 2 aliphatic heterocycles. The maximum Gasteiger partial charge on any atom is 0.243 e. The minimum absolute atomic E-state index is 0.0811. The molecule has 2 aromatic carbocycles. The molecule has 0 saturated carbocycles. The van der Waals surface area contributed by atoms with Crippen molar-refractivity contribution in [3.8, 4) is 0 Å². The maximum atomic E-state index is 13.1. The lowest BCUT2D eigenvalue weighted by atomic mass is 9.96. The van der Waals surface area contributed by atoms with Crippen molar-refractivity contribution in [2.75, 3.05) is 39.3 Å². The number of amides is 1. The second-order valence-corrected chi connectivity index (χ2v) is 11.0. The van der Waals surface area contributed by atoms with E-state index >= 15 is 0 Å². The summed E-state index contributed by atoms with van der Waals surface area (Å²) < 4.78 is 27.4. The Morgan fingerprint density at radius 2 is 1.50 bits per heavy atom. The Bertz CT molecular complexity index is 1040. The van der Waals surface area contributed by atoms with Crippen LogP contribution in [-0.2, 0) is 21.4 Å². The zero-order valence-electron chi connectivity index (χ0n) is 19.0. The topological polar surface area (TPSA) is 60.9 Å². The normalized spacial score (nSPS) is 19.2. The second-order valence-electron chi connectivity index (χ2n) is 9.02. The molecule has 0 bridgehead atoms. The lowest BCUT2D eigenvalue weighted by Crippen LogP contribution is -2.51. The smallest absolute Gasteiger partial charge is 0.243 e. The van der Waals surface area contributed by atoms with Gasteiger partial charge >= 0.3 is 0 Å². The molecule has 6 nitrogen and oxygen atoms in total. The molecule has 2 fully saturated rings. The van der Waals surface area contributed by atoms with Gasteiger partial charge in [-0.25, -0.2) is 8.42 Å². The summed E-state index contributed by atoms with van der Waals surface area (Å²) in [4.78, 5) is 17.8. The van der Waals surface area contributed by atoms with Crippen LogP contribution in [0, 0.1) is 19.8 Å². The van der Waals surface area contributed by atoms with Gasteiger partial charge in [0.2, 0.25) is 15.9 Å². The first kappa shape index (κ1) is 23.0. The molecular weight excluding hydrogens is 422 g/mol. The number of nitrogens with zero attached hydrogens (tertiary/aromatic N) is 3. The van der Waals surface area contributed by atoms with E-state index in [9.17, 15) is 13.2 Å². The standard InChI is InChI=1S/C25H33N3O3S/c1-20-7-9-24(10-8-20)32(30,31)28-13-11-22(12-14-28)25(29)27-17-15-26(16-18-27)19-23-6-4-3-5-21(23)2/h3-10,22H,11-19H2,1-2H3. The Morgan fingerprint density at radius 3 is 2.12 bits per heavy atom. The number of aryl methyl sites for hydroxylation is 2. The van der Waals surface area contributed by atoms with Crippen LogP contribution >= 0.6 is 0 Å². The maximum absolute atomic E-state index is 13.1. The van der Waals surface area contributed by atoms with E-state index < -0.39 is 10.0 Å². The van der Waals surface area contributed by atoms with E-state index in [2.05, 4.69) is 36.1 Å². The van der Waals surface area contributed by atoms with E-state index in [4.69, 9.17) is 0 Å². The molecule has 1 amide bonds. The number of piperazine rings is 1. The molecule has 2 heterocycles. The quantitative estimate of drug-likeness (QED) is 0.695. The Morgan fingerprint density at radius 1 is 0.875 bits per heavy atom. The van der Waals surface area contributed by atoms with E-state index in [1.165, 1.54) is 15.4 Å². The molecule has 0 radical (unpaired) electrons. The highest BCUT2D eigenvalue weighted by Gasteiger charge is 2.34. The third-order valence-corrected chi connectivity index (χ3v) is 8.71. The van der Waals surface area contributed by atoms with Crippen LogP contribution in [0.4, 0.5) is 0 Å². The van der Waals surface area contributed by atoms with Crippen LogP contribution in [0.1, 0.15) is 29.5 Å². The molecule has 0 N–H and O–H groups in total. The van der Waals surface area contributed by atoms with Crippen molar-refractivity contribution in [1.82, 2.24) is 14.1 Å². The van der Waals surface area contributed by atoms with Crippen molar-refractivity contribution in [1.29, 1.82) is 0 Å². The van der Waals surface area contributed by atoms with Crippen molar-refractivity contribution < 1.29 is 13.2 Å². The summed E-state index contributed by atoms with van der Waals surface area (Å²) in [5, 5.41) is 0. The predicted molar refractivity (Wildman–Crippen MR) is 126 cm³/mol. The Labute approximate surface area is 191 Å². The fourth-order valence-corrected chi connectivity index (χ4v) is 6.09. The molecular formula is C25H33N3O3S. The van der Waals surface area contributed by atoms with Gasteiger partial charge in [0.15, 0.2) is 0 Å². The number of rotatable bonds is 5. The molecule has 0 atom stereocenters. The highest BCUT2D eigenvalue weighted by molar-refractivity contribution is 7.89. The predicted octanol–water partition coefficient (Wildman–Crippen LogP) is 3.05. The minimum Gasteiger partial charge on any atom is -0.340 e. The first-order valence-electron chi connectivity index (χ1n) is 11.5. The summed E-state index contributed by atoms with van der Waals surface area (Å²) in [5.74, 6) is 0.107. The molecule has 4 rings (SSSR count). The summed E-state index contributed by atoms with van der Waals surface area (Å²) in [7, 11) is -3.49. The SMILES string of the molecule is Cc1ccc(S(=O)(=O)N2CCC(C(=O)N3CCN(Cc4ccccc4C)CC3)CC2)cc1. The van der Waals surface area contributed by atoms with Gasteiger partial charge in [0.25, 0.3) is 0 Å². The first-order valence-corrected chi connectivity index (χ1v) is 12.9. The van der Waals surface area contributed by atoms with Gasteiger partial charge < -0.3 is 4.90 Å². The molecule has 2 aromatic rings. The van der Waals surface area contributed by atoms with Crippen LogP contribution < -0.4 is 0 Å². The highest BCUT2D eigenvalue weighted by atomic mass is 32.2. The first-order chi connectivity index (χ1) is 15.3. The Hall–Kier alpha value is -2.22. The van der Waals surface area contributed by atoms with Crippen molar-refractivity contribution in [3.63, 3.8) is 0 Å². The molecule has 2 saturated heterocycles. The highest BCUT2D eigenvalue weighted by Crippen LogP contribution is 2.26. The zero-order chi connectivity index (χ0) is 22.7. The number of piperidine rings is 1. The number of benzene rings is 2. The number of carbonyl (C=O) groups excluding carboxylic acids is 1. The van der Waals surface area contributed by atoms with Gasteiger partial charge in [-0.05, 0) is 49.9 Å². The summed E-state index contributed by atoms with van der Waals surface area (Å²) >= 11 is 0. The van der Waals surface area contributed by atoms with E-state index in [0.29, 0.717) is 30.8 Å². The molecule has 32 heavy (non-hydrogen) atoms. The second kappa shape index (κ2) is 9.73. The van der Waals surface area contributed by atoms with Gasteiger partial charge in [0.1, 0.15) is 0 Å². The number of carbonyl (C=O) groups is 1. The van der Waals surface area contributed by atoms with Gasteiger partial charge in [-0.3, -0.25) is 9.69 Å².